The molecule has 0 bridgehead atoms. The van der Waals surface area contributed by atoms with E-state index in [9.17, 15) is 0 Å². The van der Waals surface area contributed by atoms with Gasteiger partial charge in [-0.1, -0.05) is 18.2 Å². The maximum absolute atomic E-state index is 7.32. The van der Waals surface area contributed by atoms with Crippen LogP contribution in [0.25, 0.3) is 10.9 Å². The van der Waals surface area contributed by atoms with Crippen molar-refractivity contribution in [3.8, 4) is 6.07 Å². The summed E-state index contributed by atoms with van der Waals surface area (Å²) in [7, 11) is -0.335. The van der Waals surface area contributed by atoms with Crippen LogP contribution in [0.2, 0.25) is 0 Å². The molecule has 0 unspecified atom stereocenters. The third-order valence-corrected chi connectivity index (χ3v) is 4.19. The summed E-state index contributed by atoms with van der Waals surface area (Å²) in [6, 6.07) is 11.8. The van der Waals surface area contributed by atoms with Gasteiger partial charge in [0.1, 0.15) is 0 Å². The van der Waals surface area contributed by atoms with Crippen LogP contribution in [0.1, 0.15) is 34.6 Å². The zero-order valence-electron chi connectivity index (χ0n) is 13.8. The van der Waals surface area contributed by atoms with E-state index in [2.05, 4.69) is 38.7 Å². The molecular weight excluding hydrogens is 275 g/mol. The molecule has 5 heteroatoms. The quantitative estimate of drug-likeness (QED) is 0.759. The van der Waals surface area contributed by atoms with Crippen molar-refractivity contribution in [2.75, 3.05) is 0 Å². The Morgan fingerprint density at radius 1 is 1.05 bits per heavy atom. The highest BCUT2D eigenvalue weighted by atomic mass is 16.7. The Hall–Kier alpha value is -1.90. The summed E-state index contributed by atoms with van der Waals surface area (Å²) in [5.74, 6) is 0. The van der Waals surface area contributed by atoms with Crippen molar-refractivity contribution in [2.45, 2.75) is 45.8 Å². The molecule has 2 aromatic rings. The molecule has 0 aliphatic carbocycles. The minimum absolute atomic E-state index is 0.317. The number of nitriles is 1. The van der Waals surface area contributed by atoms with Crippen LogP contribution in [0.5, 0.6) is 0 Å². The van der Waals surface area contributed by atoms with E-state index in [4.69, 9.17) is 14.6 Å². The molecule has 1 aromatic carbocycles. The van der Waals surface area contributed by atoms with Gasteiger partial charge in [-0.15, -0.1) is 0 Å². The highest BCUT2D eigenvalue weighted by Gasteiger charge is 2.52. The second-order valence-corrected chi connectivity index (χ2v) is 6.23. The van der Waals surface area contributed by atoms with Gasteiger partial charge in [-0.3, -0.25) is 4.98 Å². The number of benzene rings is 1. The van der Waals surface area contributed by atoms with Gasteiger partial charge in [0.25, 0.3) is 0 Å². The first-order valence-electron chi connectivity index (χ1n) is 7.32. The van der Waals surface area contributed by atoms with E-state index in [1.165, 1.54) is 6.92 Å². The van der Waals surface area contributed by atoms with Crippen molar-refractivity contribution in [3.05, 3.63) is 36.5 Å². The molecule has 1 aliphatic rings. The van der Waals surface area contributed by atoms with Gasteiger partial charge in [-0.2, -0.15) is 5.26 Å². The van der Waals surface area contributed by atoms with Crippen LogP contribution in [-0.2, 0) is 9.31 Å². The molecule has 0 amide bonds. The monoisotopic (exact) mass is 296 g/mol. The Labute approximate surface area is 132 Å². The van der Waals surface area contributed by atoms with E-state index in [1.54, 1.807) is 6.07 Å². The summed E-state index contributed by atoms with van der Waals surface area (Å²) in [5, 5.41) is 8.41. The summed E-state index contributed by atoms with van der Waals surface area (Å²) >= 11 is 0. The molecular formula is C17H21BN2O2. The van der Waals surface area contributed by atoms with E-state index >= 15 is 0 Å². The van der Waals surface area contributed by atoms with E-state index in [0.29, 0.717) is 0 Å². The van der Waals surface area contributed by atoms with Gasteiger partial charge >= 0.3 is 7.12 Å². The third-order valence-electron chi connectivity index (χ3n) is 4.19. The van der Waals surface area contributed by atoms with Crippen LogP contribution in [0.4, 0.5) is 0 Å². The molecule has 0 saturated carbocycles. The highest BCUT2D eigenvalue weighted by molar-refractivity contribution is 6.65. The van der Waals surface area contributed by atoms with Crippen molar-refractivity contribution in [1.29, 1.82) is 5.26 Å². The standard InChI is InChI=1S/C15H18BNO2.C2H3N/c1-14(2)15(3,4)19-16(18-14)12-9-10-17-13-8-6-5-7-11(12)13;1-2-3/h5-10H,1-4H3;1H3. The largest absolute Gasteiger partial charge is 0.495 e. The molecule has 1 aromatic heterocycles. The Balaban J connectivity index is 0.000000545. The molecule has 0 atom stereocenters. The first-order chi connectivity index (χ1) is 10.3. The summed E-state index contributed by atoms with van der Waals surface area (Å²) in [5.41, 5.74) is 1.38. The number of nitrogens with zero attached hydrogens (tertiary/aromatic N) is 2. The molecule has 22 heavy (non-hydrogen) atoms. The number of aromatic nitrogens is 1. The van der Waals surface area contributed by atoms with Crippen molar-refractivity contribution in [3.63, 3.8) is 0 Å². The number of hydrogen-bond acceptors (Lipinski definition) is 4. The van der Waals surface area contributed by atoms with Crippen LogP contribution in [0.15, 0.2) is 36.5 Å². The van der Waals surface area contributed by atoms with E-state index in [-0.39, 0.29) is 18.3 Å². The lowest BCUT2D eigenvalue weighted by molar-refractivity contribution is 0.00578. The van der Waals surface area contributed by atoms with Crippen molar-refractivity contribution >= 4 is 23.5 Å². The second-order valence-electron chi connectivity index (χ2n) is 6.23. The fourth-order valence-corrected chi connectivity index (χ4v) is 2.29. The lowest BCUT2D eigenvalue weighted by atomic mass is 9.77. The van der Waals surface area contributed by atoms with Gasteiger partial charge in [0.05, 0.1) is 22.8 Å². The number of pyridine rings is 1. The van der Waals surface area contributed by atoms with Gasteiger partial charge in [-0.25, -0.2) is 0 Å². The Bertz CT molecular complexity index is 686. The number of fused-ring (bicyclic) bond motifs is 1. The first kappa shape index (κ1) is 16.5. The second kappa shape index (κ2) is 6.08. The SMILES string of the molecule is CC#N.CC1(C)OB(c2ccnc3ccccc23)OC1(C)C. The van der Waals surface area contributed by atoms with Crippen LogP contribution >= 0.6 is 0 Å². The normalized spacial score (nSPS) is 18.5. The Morgan fingerprint density at radius 2 is 1.59 bits per heavy atom. The average molecular weight is 296 g/mol. The molecule has 3 rings (SSSR count). The lowest BCUT2D eigenvalue weighted by Gasteiger charge is -2.32. The Kier molecular flexibility index (Phi) is 4.55. The smallest absolute Gasteiger partial charge is 0.399 e. The van der Waals surface area contributed by atoms with Crippen LogP contribution in [-0.4, -0.2) is 23.3 Å². The molecule has 2 heterocycles. The number of hydrogen-bond donors (Lipinski definition) is 0. The minimum atomic E-state index is -0.335. The van der Waals surface area contributed by atoms with Crippen LogP contribution in [0, 0.1) is 11.3 Å². The minimum Gasteiger partial charge on any atom is -0.399 e. The average Bonchev–Trinajstić information content (AvgIpc) is 2.67. The highest BCUT2D eigenvalue weighted by Crippen LogP contribution is 2.36. The molecule has 4 nitrogen and oxygen atoms in total. The van der Waals surface area contributed by atoms with Gasteiger partial charge in [0, 0.05) is 13.1 Å². The molecule has 0 spiro atoms. The van der Waals surface area contributed by atoms with Gasteiger partial charge in [0.2, 0.25) is 0 Å². The van der Waals surface area contributed by atoms with Crippen LogP contribution < -0.4 is 5.46 Å². The maximum atomic E-state index is 7.32. The summed E-state index contributed by atoms with van der Waals surface area (Å²) < 4.78 is 12.2. The fourth-order valence-electron chi connectivity index (χ4n) is 2.29. The van der Waals surface area contributed by atoms with E-state index in [1.807, 2.05) is 30.5 Å². The zero-order chi connectivity index (χ0) is 16.4. The molecule has 1 saturated heterocycles. The van der Waals surface area contributed by atoms with Gasteiger partial charge < -0.3 is 9.31 Å². The summed E-state index contributed by atoms with van der Waals surface area (Å²) in [6.07, 6.45) is 1.81. The van der Waals surface area contributed by atoms with Gasteiger partial charge in [-0.05, 0) is 50.7 Å². The van der Waals surface area contributed by atoms with E-state index in [0.717, 1.165) is 16.4 Å². The fraction of sp³-hybridized carbons (Fsp3) is 0.412. The molecule has 1 fully saturated rings. The Morgan fingerprint density at radius 3 is 2.18 bits per heavy atom. The molecule has 1 aliphatic heterocycles. The summed E-state index contributed by atoms with van der Waals surface area (Å²) in [6.45, 7) is 9.69. The summed E-state index contributed by atoms with van der Waals surface area (Å²) in [4.78, 5) is 4.37. The molecule has 114 valence electrons. The van der Waals surface area contributed by atoms with E-state index < -0.39 is 0 Å². The van der Waals surface area contributed by atoms with Crippen molar-refractivity contribution in [2.24, 2.45) is 0 Å². The topological polar surface area (TPSA) is 55.1 Å². The van der Waals surface area contributed by atoms with Crippen molar-refractivity contribution in [1.82, 2.24) is 4.98 Å². The predicted molar refractivity (Wildman–Crippen MR) is 88.7 cm³/mol. The first-order valence-corrected chi connectivity index (χ1v) is 7.32. The lowest BCUT2D eigenvalue weighted by Crippen LogP contribution is -2.41. The van der Waals surface area contributed by atoms with Gasteiger partial charge in [0.15, 0.2) is 0 Å². The zero-order valence-corrected chi connectivity index (χ0v) is 13.8. The predicted octanol–water partition coefficient (Wildman–Crippen LogP) is 3.06. The molecule has 0 N–H and O–H groups in total. The number of rotatable bonds is 1. The molecule has 0 radical (unpaired) electrons. The maximum Gasteiger partial charge on any atom is 0.495 e. The van der Waals surface area contributed by atoms with Crippen molar-refractivity contribution < 1.29 is 9.31 Å². The number of para-hydroxylation sites is 1. The van der Waals surface area contributed by atoms with Crippen LogP contribution in [0.3, 0.4) is 0 Å². The third kappa shape index (κ3) is 2.99.